The van der Waals surface area contributed by atoms with E-state index < -0.39 is 5.97 Å². The lowest BCUT2D eigenvalue weighted by molar-refractivity contribution is 0.0660. The minimum Gasteiger partial charge on any atom is -0.475 e. The summed E-state index contributed by atoms with van der Waals surface area (Å²) >= 11 is 0. The van der Waals surface area contributed by atoms with E-state index >= 15 is 0 Å². The van der Waals surface area contributed by atoms with E-state index in [1.807, 2.05) is 0 Å². The summed E-state index contributed by atoms with van der Waals surface area (Å²) < 4.78 is 10.6. The number of ether oxygens (including phenoxy) is 1. The van der Waals surface area contributed by atoms with Crippen LogP contribution in [0.1, 0.15) is 35.6 Å². The summed E-state index contributed by atoms with van der Waals surface area (Å²) in [5, 5.41) is 11.9. The van der Waals surface area contributed by atoms with Crippen LogP contribution >= 0.6 is 0 Å². The van der Waals surface area contributed by atoms with Crippen LogP contribution in [0.3, 0.4) is 0 Å². The quantitative estimate of drug-likeness (QED) is 0.738. The molecule has 0 radical (unpaired) electrons. The normalized spacial score (nSPS) is 19.6. The number of carboxylic acids is 1. The van der Waals surface area contributed by atoms with Crippen molar-refractivity contribution in [3.63, 3.8) is 0 Å². The summed E-state index contributed by atoms with van der Waals surface area (Å²) in [6.07, 6.45) is 3.68. The van der Waals surface area contributed by atoms with Crippen molar-refractivity contribution in [3.8, 4) is 0 Å². The molecule has 1 aromatic heterocycles. The fourth-order valence-electron chi connectivity index (χ4n) is 1.93. The zero-order valence-corrected chi connectivity index (χ0v) is 9.65. The molecule has 0 bridgehead atoms. The molecule has 0 spiro atoms. The summed E-state index contributed by atoms with van der Waals surface area (Å²) in [6, 6.07) is 3.15. The van der Waals surface area contributed by atoms with E-state index in [9.17, 15) is 4.79 Å². The van der Waals surface area contributed by atoms with Crippen molar-refractivity contribution in [1.29, 1.82) is 0 Å². The van der Waals surface area contributed by atoms with Gasteiger partial charge in [-0.05, 0) is 37.9 Å². The lowest BCUT2D eigenvalue weighted by Crippen LogP contribution is -2.19. The van der Waals surface area contributed by atoms with E-state index in [0.29, 0.717) is 18.4 Å². The third kappa shape index (κ3) is 3.57. The zero-order valence-electron chi connectivity index (χ0n) is 9.65. The Morgan fingerprint density at radius 2 is 2.41 bits per heavy atom. The molecule has 5 heteroatoms. The molecule has 2 N–H and O–H groups in total. The molecule has 1 aromatic rings. The van der Waals surface area contributed by atoms with E-state index in [1.54, 1.807) is 6.07 Å². The van der Waals surface area contributed by atoms with Crippen LogP contribution in [-0.4, -0.2) is 30.3 Å². The lowest BCUT2D eigenvalue weighted by atomic mass is 10.2. The van der Waals surface area contributed by atoms with Crippen LogP contribution in [0.5, 0.6) is 0 Å². The summed E-state index contributed by atoms with van der Waals surface area (Å²) in [6.45, 7) is 2.29. The highest BCUT2D eigenvalue weighted by molar-refractivity contribution is 5.84. The topological polar surface area (TPSA) is 71.7 Å². The Morgan fingerprint density at radius 1 is 1.53 bits per heavy atom. The van der Waals surface area contributed by atoms with Gasteiger partial charge in [-0.2, -0.15) is 0 Å². The number of carboxylic acid groups (broad SMARTS) is 1. The van der Waals surface area contributed by atoms with Crippen molar-refractivity contribution in [1.82, 2.24) is 5.32 Å². The first-order chi connectivity index (χ1) is 8.25. The van der Waals surface area contributed by atoms with Gasteiger partial charge in [-0.15, -0.1) is 0 Å². The highest BCUT2D eigenvalue weighted by Crippen LogP contribution is 2.14. The minimum absolute atomic E-state index is 0.0130. The van der Waals surface area contributed by atoms with Gasteiger partial charge in [0, 0.05) is 6.61 Å². The summed E-state index contributed by atoms with van der Waals surface area (Å²) in [5.74, 6) is -0.397. The molecule has 1 unspecified atom stereocenters. The number of furan rings is 1. The van der Waals surface area contributed by atoms with Gasteiger partial charge in [-0.3, -0.25) is 0 Å². The molecule has 0 aromatic carbocycles. The first-order valence-corrected chi connectivity index (χ1v) is 5.90. The molecule has 1 aliphatic heterocycles. The van der Waals surface area contributed by atoms with Gasteiger partial charge in [0.25, 0.3) is 0 Å². The average molecular weight is 239 g/mol. The number of rotatable bonds is 6. The second kappa shape index (κ2) is 5.84. The lowest BCUT2D eigenvalue weighted by Gasteiger charge is -2.08. The van der Waals surface area contributed by atoms with Crippen molar-refractivity contribution >= 4 is 5.97 Å². The average Bonchev–Trinajstić information content (AvgIpc) is 2.96. The van der Waals surface area contributed by atoms with E-state index in [2.05, 4.69) is 5.32 Å². The Bertz CT molecular complexity index is 368. The smallest absolute Gasteiger partial charge is 0.371 e. The molecule has 17 heavy (non-hydrogen) atoms. The SMILES string of the molecule is O=C(O)c1ccc(CNCCC2CCCO2)o1. The van der Waals surface area contributed by atoms with Crippen LogP contribution in [0.15, 0.2) is 16.5 Å². The van der Waals surface area contributed by atoms with E-state index in [-0.39, 0.29) is 5.76 Å². The Morgan fingerprint density at radius 3 is 3.06 bits per heavy atom. The van der Waals surface area contributed by atoms with Gasteiger partial charge in [0.15, 0.2) is 0 Å². The van der Waals surface area contributed by atoms with Crippen molar-refractivity contribution in [2.45, 2.75) is 31.9 Å². The van der Waals surface area contributed by atoms with Crippen molar-refractivity contribution in [3.05, 3.63) is 23.7 Å². The molecule has 2 heterocycles. The van der Waals surface area contributed by atoms with Crippen LogP contribution in [0.2, 0.25) is 0 Å². The van der Waals surface area contributed by atoms with Crippen LogP contribution in [-0.2, 0) is 11.3 Å². The van der Waals surface area contributed by atoms with Gasteiger partial charge < -0.3 is 19.6 Å². The predicted molar refractivity (Wildman–Crippen MR) is 61.0 cm³/mol. The number of nitrogens with one attached hydrogen (secondary N) is 1. The van der Waals surface area contributed by atoms with Crippen LogP contribution < -0.4 is 5.32 Å². The van der Waals surface area contributed by atoms with Crippen molar-refractivity contribution < 1.29 is 19.1 Å². The molecule has 1 saturated heterocycles. The second-order valence-electron chi connectivity index (χ2n) is 4.17. The fraction of sp³-hybridized carbons (Fsp3) is 0.583. The number of hydrogen-bond acceptors (Lipinski definition) is 4. The van der Waals surface area contributed by atoms with E-state index in [0.717, 1.165) is 32.4 Å². The standard InChI is InChI=1S/C12H17NO4/c14-12(15)11-4-3-10(17-11)8-13-6-5-9-2-1-7-16-9/h3-4,9,13H,1-2,5-8H2,(H,14,15). The van der Waals surface area contributed by atoms with Gasteiger partial charge in [0.1, 0.15) is 5.76 Å². The van der Waals surface area contributed by atoms with E-state index in [4.69, 9.17) is 14.3 Å². The molecule has 1 fully saturated rings. The highest BCUT2D eigenvalue weighted by Gasteiger charge is 2.14. The molecule has 5 nitrogen and oxygen atoms in total. The molecule has 0 aliphatic carbocycles. The zero-order chi connectivity index (χ0) is 12.1. The molecule has 1 atom stereocenters. The number of aromatic carboxylic acids is 1. The molecule has 1 aliphatic rings. The first kappa shape index (κ1) is 12.1. The maximum Gasteiger partial charge on any atom is 0.371 e. The molecule has 2 rings (SSSR count). The van der Waals surface area contributed by atoms with Gasteiger partial charge in [-0.1, -0.05) is 0 Å². The third-order valence-electron chi connectivity index (χ3n) is 2.84. The number of hydrogen-bond donors (Lipinski definition) is 2. The Balaban J connectivity index is 1.65. The minimum atomic E-state index is -1.03. The van der Waals surface area contributed by atoms with Crippen LogP contribution in [0.4, 0.5) is 0 Å². The maximum absolute atomic E-state index is 10.6. The van der Waals surface area contributed by atoms with Gasteiger partial charge >= 0.3 is 5.97 Å². The van der Waals surface area contributed by atoms with Gasteiger partial charge in [0.05, 0.1) is 12.6 Å². The van der Waals surface area contributed by atoms with E-state index in [1.165, 1.54) is 6.07 Å². The molecule has 94 valence electrons. The maximum atomic E-state index is 10.6. The Hall–Kier alpha value is -1.33. The van der Waals surface area contributed by atoms with Gasteiger partial charge in [0.2, 0.25) is 5.76 Å². The summed E-state index contributed by atoms with van der Waals surface area (Å²) in [5.41, 5.74) is 0. The van der Waals surface area contributed by atoms with Crippen LogP contribution in [0.25, 0.3) is 0 Å². The van der Waals surface area contributed by atoms with Gasteiger partial charge in [-0.25, -0.2) is 4.79 Å². The molecular weight excluding hydrogens is 222 g/mol. The first-order valence-electron chi connectivity index (χ1n) is 5.90. The largest absolute Gasteiger partial charge is 0.475 e. The summed E-state index contributed by atoms with van der Waals surface area (Å²) in [4.78, 5) is 10.6. The Labute approximate surface area is 99.8 Å². The molecular formula is C12H17NO4. The fourth-order valence-corrected chi connectivity index (χ4v) is 1.93. The summed E-state index contributed by atoms with van der Waals surface area (Å²) in [7, 11) is 0. The third-order valence-corrected chi connectivity index (χ3v) is 2.84. The van der Waals surface area contributed by atoms with Crippen LogP contribution in [0, 0.1) is 0 Å². The van der Waals surface area contributed by atoms with Crippen molar-refractivity contribution in [2.75, 3.05) is 13.2 Å². The monoisotopic (exact) mass is 239 g/mol. The predicted octanol–water partition coefficient (Wildman–Crippen LogP) is 1.64. The highest BCUT2D eigenvalue weighted by atomic mass is 16.5. The Kier molecular flexibility index (Phi) is 4.17. The van der Waals surface area contributed by atoms with Crippen molar-refractivity contribution in [2.24, 2.45) is 0 Å². The molecule has 0 saturated carbocycles. The molecule has 0 amide bonds. The number of carbonyl (C=O) groups is 1. The second-order valence-corrected chi connectivity index (χ2v) is 4.17.